The lowest BCUT2D eigenvalue weighted by atomic mass is 9.99. The molecular weight excluding hydrogens is 408 g/mol. The van der Waals surface area contributed by atoms with Crippen molar-refractivity contribution < 1.29 is 9.53 Å². The van der Waals surface area contributed by atoms with Gasteiger partial charge in [0.05, 0.1) is 22.7 Å². The fourth-order valence-electron chi connectivity index (χ4n) is 4.14. The Labute approximate surface area is 186 Å². The second kappa shape index (κ2) is 8.67. The molecule has 0 aliphatic carbocycles. The molecule has 7 heteroatoms. The summed E-state index contributed by atoms with van der Waals surface area (Å²) in [6.07, 6.45) is 3.01. The summed E-state index contributed by atoms with van der Waals surface area (Å²) in [7, 11) is 0. The monoisotopic (exact) mass is 434 g/mol. The zero-order chi connectivity index (χ0) is 21.2. The van der Waals surface area contributed by atoms with Crippen LogP contribution in [0.5, 0.6) is 11.6 Å². The number of benzene rings is 1. The van der Waals surface area contributed by atoms with Gasteiger partial charge < -0.3 is 14.5 Å². The van der Waals surface area contributed by atoms with E-state index in [1.807, 2.05) is 52.7 Å². The zero-order valence-corrected chi connectivity index (χ0v) is 18.5. The average molecular weight is 435 g/mol. The molecule has 5 rings (SSSR count). The summed E-state index contributed by atoms with van der Waals surface area (Å²) in [5.41, 5.74) is 1.90. The predicted octanol–water partition coefficient (Wildman–Crippen LogP) is 4.77. The highest BCUT2D eigenvalue weighted by atomic mass is 32.1. The topological polar surface area (TPSA) is 58.6 Å². The average Bonchev–Trinajstić information content (AvgIpc) is 3.34. The summed E-state index contributed by atoms with van der Waals surface area (Å²) in [4.78, 5) is 27.6. The van der Waals surface area contributed by atoms with Gasteiger partial charge in [-0.2, -0.15) is 4.98 Å². The van der Waals surface area contributed by atoms with Crippen LogP contribution >= 0.6 is 11.3 Å². The lowest BCUT2D eigenvalue weighted by Crippen LogP contribution is -2.38. The van der Waals surface area contributed by atoms with Crippen LogP contribution in [0.25, 0.3) is 0 Å². The van der Waals surface area contributed by atoms with Crippen LogP contribution in [-0.4, -0.2) is 40.4 Å². The van der Waals surface area contributed by atoms with E-state index < -0.39 is 0 Å². The number of fused-ring (bicyclic) bond motifs is 1. The summed E-state index contributed by atoms with van der Waals surface area (Å²) in [5, 5.41) is 1.93. The van der Waals surface area contributed by atoms with E-state index >= 15 is 0 Å². The highest BCUT2D eigenvalue weighted by Gasteiger charge is 2.29. The first kappa shape index (κ1) is 20.0. The number of piperidine rings is 1. The van der Waals surface area contributed by atoms with Crippen LogP contribution in [0, 0.1) is 5.92 Å². The molecule has 6 nitrogen and oxygen atoms in total. The van der Waals surface area contributed by atoms with Crippen molar-refractivity contribution >= 4 is 23.2 Å². The summed E-state index contributed by atoms with van der Waals surface area (Å²) in [6.45, 7) is 5.35. The molecule has 4 heterocycles. The number of para-hydroxylation sites is 1. The van der Waals surface area contributed by atoms with E-state index in [-0.39, 0.29) is 5.91 Å². The number of hydrogen-bond donors (Lipinski definition) is 0. The number of carbonyl (C=O) groups excluding carboxylic acids is 1. The first-order valence-corrected chi connectivity index (χ1v) is 11.8. The molecular formula is C24H26N4O2S. The van der Waals surface area contributed by atoms with Crippen molar-refractivity contribution in [1.29, 1.82) is 0 Å². The summed E-state index contributed by atoms with van der Waals surface area (Å²) in [5.74, 6) is 2.84. The fraction of sp³-hybridized carbons (Fsp3) is 0.375. The van der Waals surface area contributed by atoms with Crippen LogP contribution in [0.2, 0.25) is 0 Å². The Morgan fingerprint density at radius 3 is 2.61 bits per heavy atom. The number of rotatable bonds is 4. The van der Waals surface area contributed by atoms with E-state index in [0.29, 0.717) is 25.4 Å². The molecule has 0 spiro atoms. The maximum Gasteiger partial charge on any atom is 0.264 e. The van der Waals surface area contributed by atoms with Crippen LogP contribution in [-0.2, 0) is 13.0 Å². The molecule has 2 aliphatic heterocycles. The Hall–Kier alpha value is -2.93. The van der Waals surface area contributed by atoms with Crippen LogP contribution in [0.1, 0.15) is 40.7 Å². The van der Waals surface area contributed by atoms with Gasteiger partial charge in [-0.25, -0.2) is 4.98 Å². The minimum absolute atomic E-state index is 0.0559. The Kier molecular flexibility index (Phi) is 5.59. The molecule has 160 valence electrons. The van der Waals surface area contributed by atoms with Gasteiger partial charge in [0.1, 0.15) is 5.75 Å². The van der Waals surface area contributed by atoms with Crippen molar-refractivity contribution in [2.45, 2.75) is 32.7 Å². The minimum atomic E-state index is 0.0559. The van der Waals surface area contributed by atoms with Crippen molar-refractivity contribution in [1.82, 2.24) is 14.9 Å². The lowest BCUT2D eigenvalue weighted by molar-refractivity contribution is 0.0737. The van der Waals surface area contributed by atoms with Gasteiger partial charge in [0.25, 0.3) is 5.91 Å². The van der Waals surface area contributed by atoms with E-state index in [9.17, 15) is 4.79 Å². The van der Waals surface area contributed by atoms with Gasteiger partial charge in [0.2, 0.25) is 11.8 Å². The Bertz CT molecular complexity index is 1050. The van der Waals surface area contributed by atoms with Crippen molar-refractivity contribution in [2.24, 2.45) is 5.92 Å². The van der Waals surface area contributed by atoms with E-state index in [4.69, 9.17) is 14.7 Å². The highest BCUT2D eigenvalue weighted by molar-refractivity contribution is 7.12. The summed E-state index contributed by atoms with van der Waals surface area (Å²) < 4.78 is 6.24. The molecule has 1 fully saturated rings. The standard InChI is InChI=1S/C24H26N4O2S/c1-17-9-12-27(13-10-17)24-25-20-11-14-28(23(29)21-8-5-15-31-21)16-19(20)22(26-24)30-18-6-3-2-4-7-18/h2-8,15,17H,9-14,16H2,1H3. The number of anilines is 1. The molecule has 0 bridgehead atoms. The molecule has 0 radical (unpaired) electrons. The van der Waals surface area contributed by atoms with Crippen LogP contribution in [0.15, 0.2) is 47.8 Å². The molecule has 2 aromatic heterocycles. The minimum Gasteiger partial charge on any atom is -0.438 e. The zero-order valence-electron chi connectivity index (χ0n) is 17.7. The third kappa shape index (κ3) is 4.28. The molecule has 2 aliphatic rings. The lowest BCUT2D eigenvalue weighted by Gasteiger charge is -2.33. The summed E-state index contributed by atoms with van der Waals surface area (Å²) in [6, 6.07) is 13.5. The number of amides is 1. The van der Waals surface area contributed by atoms with Crippen molar-refractivity contribution in [3.63, 3.8) is 0 Å². The molecule has 3 aromatic rings. The summed E-state index contributed by atoms with van der Waals surface area (Å²) >= 11 is 1.47. The second-order valence-electron chi connectivity index (χ2n) is 8.29. The van der Waals surface area contributed by atoms with Gasteiger partial charge >= 0.3 is 0 Å². The first-order valence-electron chi connectivity index (χ1n) is 10.9. The third-order valence-corrected chi connectivity index (χ3v) is 6.91. The van der Waals surface area contributed by atoms with E-state index in [0.717, 1.165) is 59.7 Å². The maximum atomic E-state index is 12.9. The first-order chi connectivity index (χ1) is 15.2. The molecule has 1 aromatic carbocycles. The van der Waals surface area contributed by atoms with Gasteiger partial charge in [0, 0.05) is 26.1 Å². The van der Waals surface area contributed by atoms with E-state index in [2.05, 4.69) is 11.8 Å². The predicted molar refractivity (Wildman–Crippen MR) is 122 cm³/mol. The Balaban J connectivity index is 1.47. The molecule has 1 amide bonds. The molecule has 0 saturated carbocycles. The number of aromatic nitrogens is 2. The molecule has 0 unspecified atom stereocenters. The van der Waals surface area contributed by atoms with Gasteiger partial charge in [-0.3, -0.25) is 4.79 Å². The fourth-order valence-corrected chi connectivity index (χ4v) is 4.83. The van der Waals surface area contributed by atoms with Gasteiger partial charge in [-0.15, -0.1) is 11.3 Å². The quantitative estimate of drug-likeness (QED) is 0.592. The number of thiophene rings is 1. The Morgan fingerprint density at radius 1 is 1.06 bits per heavy atom. The number of nitrogens with zero attached hydrogens (tertiary/aromatic N) is 4. The van der Waals surface area contributed by atoms with Gasteiger partial charge in [-0.1, -0.05) is 31.2 Å². The third-order valence-electron chi connectivity index (χ3n) is 6.05. The molecule has 1 saturated heterocycles. The normalized spacial score (nSPS) is 16.8. The number of hydrogen-bond acceptors (Lipinski definition) is 6. The van der Waals surface area contributed by atoms with E-state index in [1.54, 1.807) is 0 Å². The van der Waals surface area contributed by atoms with Crippen LogP contribution in [0.4, 0.5) is 5.95 Å². The Morgan fingerprint density at radius 2 is 1.87 bits per heavy atom. The van der Waals surface area contributed by atoms with Crippen molar-refractivity contribution in [3.8, 4) is 11.6 Å². The highest BCUT2D eigenvalue weighted by Crippen LogP contribution is 2.33. The maximum absolute atomic E-state index is 12.9. The number of ether oxygens (including phenoxy) is 1. The smallest absolute Gasteiger partial charge is 0.264 e. The van der Waals surface area contributed by atoms with Gasteiger partial charge in [-0.05, 0) is 42.3 Å². The molecule has 31 heavy (non-hydrogen) atoms. The van der Waals surface area contributed by atoms with Crippen molar-refractivity contribution in [3.05, 3.63) is 64.0 Å². The van der Waals surface area contributed by atoms with Gasteiger partial charge in [0.15, 0.2) is 0 Å². The number of carbonyl (C=O) groups is 1. The van der Waals surface area contributed by atoms with Crippen LogP contribution in [0.3, 0.4) is 0 Å². The SMILES string of the molecule is CC1CCN(c2nc3c(c(Oc4ccccc4)n2)CN(C(=O)c2cccs2)CC3)CC1. The van der Waals surface area contributed by atoms with E-state index in [1.165, 1.54) is 11.3 Å². The second-order valence-corrected chi connectivity index (χ2v) is 9.24. The van der Waals surface area contributed by atoms with Crippen molar-refractivity contribution in [2.75, 3.05) is 24.5 Å². The van der Waals surface area contributed by atoms with Crippen LogP contribution < -0.4 is 9.64 Å². The molecule has 0 N–H and O–H groups in total. The molecule has 0 atom stereocenters. The largest absolute Gasteiger partial charge is 0.438 e.